The van der Waals surface area contributed by atoms with E-state index in [0.29, 0.717) is 11.8 Å². The minimum Gasteiger partial charge on any atom is -0.0925 e. The Kier molecular flexibility index (Phi) is 2.38. The second-order valence-electron chi connectivity index (χ2n) is 5.44. The van der Waals surface area contributed by atoms with Gasteiger partial charge in [0.2, 0.25) is 0 Å². The molecule has 2 bridgehead atoms. The summed E-state index contributed by atoms with van der Waals surface area (Å²) in [5, 5.41) is 1.11. The first kappa shape index (κ1) is 10.8. The van der Waals surface area contributed by atoms with E-state index in [0.717, 1.165) is 11.2 Å². The van der Waals surface area contributed by atoms with Crippen LogP contribution in [0.3, 0.4) is 0 Å². The lowest BCUT2D eigenvalue weighted by Crippen LogP contribution is -2.32. The van der Waals surface area contributed by atoms with Gasteiger partial charge in [0.1, 0.15) is 0 Å². The monoisotopic (exact) mass is 298 g/mol. The van der Waals surface area contributed by atoms with Crippen molar-refractivity contribution in [1.82, 2.24) is 0 Å². The van der Waals surface area contributed by atoms with Crippen LogP contribution in [-0.2, 0) is 0 Å². The predicted octanol–water partition coefficient (Wildman–Crippen LogP) is 4.68. The molecule has 1 heteroatoms. The van der Waals surface area contributed by atoms with Crippen molar-refractivity contribution in [3.8, 4) is 0 Å². The molecule has 0 saturated carbocycles. The summed E-state index contributed by atoms with van der Waals surface area (Å²) in [6.07, 6.45) is 1.30. The highest BCUT2D eigenvalue weighted by atomic mass is 79.9. The SMILES string of the molecule is BrC[C@H]1CC2c3ccccc3C1c1ccccc12. The van der Waals surface area contributed by atoms with Crippen LogP contribution in [0, 0.1) is 5.92 Å². The Morgan fingerprint density at radius 3 is 1.83 bits per heavy atom. The zero-order valence-corrected chi connectivity index (χ0v) is 11.7. The zero-order chi connectivity index (χ0) is 12.1. The molecule has 1 atom stereocenters. The number of rotatable bonds is 1. The molecule has 90 valence electrons. The minimum absolute atomic E-state index is 0.599. The van der Waals surface area contributed by atoms with Crippen molar-refractivity contribution in [2.75, 3.05) is 5.33 Å². The highest BCUT2D eigenvalue weighted by Crippen LogP contribution is 2.55. The Morgan fingerprint density at radius 2 is 1.33 bits per heavy atom. The second-order valence-corrected chi connectivity index (χ2v) is 6.09. The third kappa shape index (κ3) is 1.31. The van der Waals surface area contributed by atoms with E-state index in [9.17, 15) is 0 Å². The molecular weight excluding hydrogens is 284 g/mol. The van der Waals surface area contributed by atoms with E-state index in [1.807, 2.05) is 0 Å². The van der Waals surface area contributed by atoms with Gasteiger partial charge in [-0.15, -0.1) is 0 Å². The Labute approximate surface area is 116 Å². The molecule has 0 nitrogen and oxygen atoms in total. The summed E-state index contributed by atoms with van der Waals surface area (Å²) in [4.78, 5) is 0. The standard InChI is InChI=1S/C17H15Br/c18-10-11-9-16-12-5-1-3-7-14(12)17(11)15-8-4-2-6-13(15)16/h1-8,11,16-17H,9-10H2/t11-,16?,17?/m1/s1. The van der Waals surface area contributed by atoms with Crippen LogP contribution in [-0.4, -0.2) is 5.33 Å². The van der Waals surface area contributed by atoms with Gasteiger partial charge in [-0.25, -0.2) is 0 Å². The summed E-state index contributed by atoms with van der Waals surface area (Å²) in [6.45, 7) is 0. The average Bonchev–Trinajstić information content (AvgIpc) is 2.47. The number of halogens is 1. The first-order valence-corrected chi connectivity index (χ1v) is 7.76. The zero-order valence-electron chi connectivity index (χ0n) is 10.1. The fraction of sp³-hybridized carbons (Fsp3) is 0.294. The van der Waals surface area contributed by atoms with Crippen molar-refractivity contribution in [3.05, 3.63) is 70.8 Å². The normalized spacial score (nSPS) is 27.7. The molecule has 0 fully saturated rings. The molecule has 0 aromatic heterocycles. The quantitative estimate of drug-likeness (QED) is 0.671. The summed E-state index contributed by atoms with van der Waals surface area (Å²) in [5.41, 5.74) is 6.27. The summed E-state index contributed by atoms with van der Waals surface area (Å²) in [7, 11) is 0. The number of hydrogen-bond acceptors (Lipinski definition) is 0. The molecule has 2 aromatic carbocycles. The van der Waals surface area contributed by atoms with E-state index in [4.69, 9.17) is 0 Å². The second kappa shape index (κ2) is 3.96. The van der Waals surface area contributed by atoms with Crippen LogP contribution in [0.1, 0.15) is 40.5 Å². The highest BCUT2D eigenvalue weighted by Gasteiger charge is 2.42. The Bertz CT molecular complexity index is 555. The van der Waals surface area contributed by atoms with Gasteiger partial charge in [0.05, 0.1) is 0 Å². The van der Waals surface area contributed by atoms with E-state index >= 15 is 0 Å². The third-order valence-corrected chi connectivity index (χ3v) is 5.45. The van der Waals surface area contributed by atoms with E-state index in [-0.39, 0.29) is 0 Å². The van der Waals surface area contributed by atoms with Crippen LogP contribution in [0.25, 0.3) is 0 Å². The van der Waals surface area contributed by atoms with E-state index in [1.54, 1.807) is 22.3 Å². The molecule has 18 heavy (non-hydrogen) atoms. The van der Waals surface area contributed by atoms with Crippen molar-refractivity contribution in [2.24, 2.45) is 5.92 Å². The van der Waals surface area contributed by atoms with Gasteiger partial charge in [-0.2, -0.15) is 0 Å². The van der Waals surface area contributed by atoms with Crippen molar-refractivity contribution < 1.29 is 0 Å². The molecule has 3 aliphatic rings. The van der Waals surface area contributed by atoms with Gasteiger partial charge >= 0.3 is 0 Å². The number of benzene rings is 2. The summed E-state index contributed by atoms with van der Waals surface area (Å²) in [6, 6.07) is 18.1. The van der Waals surface area contributed by atoms with Crippen LogP contribution >= 0.6 is 15.9 Å². The van der Waals surface area contributed by atoms with E-state index < -0.39 is 0 Å². The van der Waals surface area contributed by atoms with Gasteiger partial charge in [-0.05, 0) is 34.6 Å². The Balaban J connectivity index is 2.00. The lowest BCUT2D eigenvalue weighted by atomic mass is 9.60. The van der Waals surface area contributed by atoms with Crippen molar-refractivity contribution >= 4 is 15.9 Å². The van der Waals surface area contributed by atoms with Gasteiger partial charge in [-0.3, -0.25) is 0 Å². The third-order valence-electron chi connectivity index (χ3n) is 4.62. The van der Waals surface area contributed by atoms with Crippen LogP contribution < -0.4 is 0 Å². The topological polar surface area (TPSA) is 0 Å². The maximum atomic E-state index is 3.72. The maximum absolute atomic E-state index is 3.72. The molecular formula is C17H15Br. The smallest absolute Gasteiger partial charge is 0.0132 e. The molecule has 0 saturated heterocycles. The number of fused-ring (bicyclic) bond motifs is 1. The lowest BCUT2D eigenvalue weighted by molar-refractivity contribution is 0.393. The molecule has 0 unspecified atom stereocenters. The van der Waals surface area contributed by atoms with E-state index in [1.165, 1.54) is 6.42 Å². The van der Waals surface area contributed by atoms with Gasteiger partial charge in [0.15, 0.2) is 0 Å². The molecule has 0 radical (unpaired) electrons. The highest BCUT2D eigenvalue weighted by molar-refractivity contribution is 9.09. The number of alkyl halides is 1. The van der Waals surface area contributed by atoms with Crippen LogP contribution in [0.15, 0.2) is 48.5 Å². The fourth-order valence-corrected chi connectivity index (χ4v) is 4.55. The molecule has 0 aliphatic heterocycles. The predicted molar refractivity (Wildman–Crippen MR) is 78.5 cm³/mol. The van der Waals surface area contributed by atoms with Crippen molar-refractivity contribution in [1.29, 1.82) is 0 Å². The van der Waals surface area contributed by atoms with Gasteiger partial charge < -0.3 is 0 Å². The van der Waals surface area contributed by atoms with E-state index in [2.05, 4.69) is 64.5 Å². The first-order valence-electron chi connectivity index (χ1n) is 6.63. The largest absolute Gasteiger partial charge is 0.0925 e. The maximum Gasteiger partial charge on any atom is 0.0132 e. The molecule has 0 N–H and O–H groups in total. The summed E-state index contributed by atoms with van der Waals surface area (Å²) < 4.78 is 0. The van der Waals surface area contributed by atoms with Crippen LogP contribution in [0.5, 0.6) is 0 Å². The van der Waals surface area contributed by atoms with Crippen LogP contribution in [0.4, 0.5) is 0 Å². The first-order chi connectivity index (χ1) is 8.90. The molecule has 0 spiro atoms. The summed E-state index contributed by atoms with van der Waals surface area (Å²) in [5.74, 6) is 1.96. The van der Waals surface area contributed by atoms with Gasteiger partial charge in [0, 0.05) is 17.2 Å². The number of hydrogen-bond donors (Lipinski definition) is 0. The molecule has 5 rings (SSSR count). The lowest BCUT2D eigenvalue weighted by Gasteiger charge is -2.45. The summed E-state index contributed by atoms with van der Waals surface area (Å²) >= 11 is 3.72. The Hall–Kier alpha value is -1.08. The molecule has 3 aliphatic carbocycles. The van der Waals surface area contributed by atoms with Crippen LogP contribution in [0.2, 0.25) is 0 Å². The fourth-order valence-electron chi connectivity index (χ4n) is 3.91. The average molecular weight is 299 g/mol. The minimum atomic E-state index is 0.599. The van der Waals surface area contributed by atoms with Crippen molar-refractivity contribution in [3.63, 3.8) is 0 Å². The molecule has 0 heterocycles. The van der Waals surface area contributed by atoms with Gasteiger partial charge in [0.25, 0.3) is 0 Å². The molecule has 0 amide bonds. The van der Waals surface area contributed by atoms with Crippen molar-refractivity contribution in [2.45, 2.75) is 18.3 Å². The molecule has 2 aromatic rings. The van der Waals surface area contributed by atoms with Gasteiger partial charge in [-0.1, -0.05) is 64.5 Å². The Morgan fingerprint density at radius 1 is 0.833 bits per heavy atom.